The molecule has 146 valence electrons. The number of benzene rings is 2. The molecule has 1 aliphatic heterocycles. The molecule has 0 unspecified atom stereocenters. The van der Waals surface area contributed by atoms with E-state index < -0.39 is 0 Å². The number of nitrogens with zero attached hydrogens (tertiary/aromatic N) is 1. The smallest absolute Gasteiger partial charge is 0.279 e. The lowest BCUT2D eigenvalue weighted by atomic mass is 10.2. The van der Waals surface area contributed by atoms with E-state index in [0.717, 1.165) is 43.8 Å². The third-order valence-corrected chi connectivity index (χ3v) is 6.56. The second-order valence-electron chi connectivity index (χ2n) is 7.46. The first-order valence-corrected chi connectivity index (χ1v) is 10.8. The van der Waals surface area contributed by atoms with Crippen molar-refractivity contribution in [2.75, 3.05) is 38.0 Å². The van der Waals surface area contributed by atoms with Gasteiger partial charge in [0, 0.05) is 0 Å². The Bertz CT molecular complexity index is 948. The van der Waals surface area contributed by atoms with E-state index in [1.165, 1.54) is 14.6 Å². The number of fused-ring (bicyclic) bond motifs is 1. The topological polar surface area (TPSA) is 50.9 Å². The van der Waals surface area contributed by atoms with Crippen LogP contribution in [0.5, 0.6) is 0 Å². The van der Waals surface area contributed by atoms with Crippen LogP contribution in [0.2, 0.25) is 5.02 Å². The minimum atomic E-state index is 0.0235. The molecular formula is C21H25ClN4OS+2. The van der Waals surface area contributed by atoms with Crippen LogP contribution >= 0.6 is 22.9 Å². The van der Waals surface area contributed by atoms with Crippen LogP contribution in [0.15, 0.2) is 42.5 Å². The van der Waals surface area contributed by atoms with E-state index in [1.807, 2.05) is 31.2 Å². The maximum absolute atomic E-state index is 12.4. The maximum atomic E-state index is 12.4. The van der Waals surface area contributed by atoms with Gasteiger partial charge in [0.05, 0.1) is 20.9 Å². The summed E-state index contributed by atoms with van der Waals surface area (Å²) >= 11 is 8.00. The number of amides is 1. The summed E-state index contributed by atoms with van der Waals surface area (Å²) in [7, 11) is 0. The number of rotatable bonds is 5. The molecule has 1 amide bonds. The molecule has 28 heavy (non-hydrogen) atoms. The minimum Gasteiger partial charge on any atom is -0.320 e. The van der Waals surface area contributed by atoms with E-state index in [9.17, 15) is 4.79 Å². The van der Waals surface area contributed by atoms with E-state index in [1.54, 1.807) is 16.2 Å². The molecule has 5 nitrogen and oxygen atoms in total. The molecular weight excluding hydrogens is 392 g/mol. The average molecular weight is 417 g/mol. The van der Waals surface area contributed by atoms with Gasteiger partial charge in [-0.05, 0) is 36.8 Å². The van der Waals surface area contributed by atoms with Crippen molar-refractivity contribution in [2.45, 2.75) is 13.5 Å². The molecule has 1 aliphatic rings. The van der Waals surface area contributed by atoms with Gasteiger partial charge in [0.25, 0.3) is 5.91 Å². The number of nitrogens with one attached hydrogen (secondary N) is 3. The highest BCUT2D eigenvalue weighted by Crippen LogP contribution is 2.22. The zero-order valence-corrected chi connectivity index (χ0v) is 17.5. The number of anilines is 1. The first-order chi connectivity index (χ1) is 13.6. The highest BCUT2D eigenvalue weighted by Gasteiger charge is 2.25. The number of carbonyl (C=O) groups excluding carboxylic acids is 1. The summed E-state index contributed by atoms with van der Waals surface area (Å²) in [5, 5.41) is 4.74. The van der Waals surface area contributed by atoms with Gasteiger partial charge in [-0.25, -0.2) is 4.98 Å². The predicted molar refractivity (Wildman–Crippen MR) is 114 cm³/mol. The summed E-state index contributed by atoms with van der Waals surface area (Å²) in [6, 6.07) is 14.0. The summed E-state index contributed by atoms with van der Waals surface area (Å²) < 4.78 is 1.26. The molecule has 1 saturated heterocycles. The number of hydrogen-bond donors (Lipinski definition) is 3. The molecule has 0 saturated carbocycles. The third kappa shape index (κ3) is 4.70. The molecule has 2 heterocycles. The Morgan fingerprint density at radius 3 is 2.64 bits per heavy atom. The molecule has 1 fully saturated rings. The van der Waals surface area contributed by atoms with Crippen molar-refractivity contribution in [3.05, 3.63) is 58.1 Å². The van der Waals surface area contributed by atoms with Gasteiger partial charge in [0.15, 0.2) is 6.54 Å². The Hall–Kier alpha value is -1.99. The van der Waals surface area contributed by atoms with Crippen LogP contribution < -0.4 is 15.1 Å². The Kier molecular flexibility index (Phi) is 5.92. The van der Waals surface area contributed by atoms with E-state index in [0.29, 0.717) is 17.3 Å². The van der Waals surface area contributed by atoms with Crippen molar-refractivity contribution in [2.24, 2.45) is 0 Å². The van der Waals surface area contributed by atoms with Crippen LogP contribution in [-0.4, -0.2) is 43.6 Å². The van der Waals surface area contributed by atoms with Crippen LogP contribution in [0.1, 0.15) is 10.6 Å². The number of quaternary nitrogens is 2. The van der Waals surface area contributed by atoms with Gasteiger partial charge in [0.1, 0.15) is 37.7 Å². The van der Waals surface area contributed by atoms with Gasteiger partial charge >= 0.3 is 0 Å². The Morgan fingerprint density at radius 1 is 1.14 bits per heavy atom. The molecule has 2 aromatic carbocycles. The summed E-state index contributed by atoms with van der Waals surface area (Å²) in [5.74, 6) is 0.0235. The van der Waals surface area contributed by atoms with E-state index in [-0.39, 0.29) is 5.91 Å². The Morgan fingerprint density at radius 2 is 1.89 bits per heavy atom. The molecule has 0 aliphatic carbocycles. The predicted octanol–water partition coefficient (Wildman–Crippen LogP) is 1.18. The molecule has 3 aromatic rings. The number of piperazine rings is 1. The third-order valence-electron chi connectivity index (χ3n) is 5.21. The lowest BCUT2D eigenvalue weighted by Crippen LogP contribution is -3.28. The summed E-state index contributed by atoms with van der Waals surface area (Å²) in [6.45, 7) is 7.55. The van der Waals surface area contributed by atoms with Crippen LogP contribution in [0.4, 0.5) is 5.69 Å². The van der Waals surface area contributed by atoms with Crippen molar-refractivity contribution in [3.8, 4) is 0 Å². The first kappa shape index (κ1) is 19.3. The number of aromatic nitrogens is 1. The van der Waals surface area contributed by atoms with Crippen molar-refractivity contribution in [3.63, 3.8) is 0 Å². The van der Waals surface area contributed by atoms with Crippen LogP contribution in [0, 0.1) is 6.92 Å². The molecule has 4 rings (SSSR count). The lowest BCUT2D eigenvalue weighted by Gasteiger charge is -2.28. The fraction of sp³-hybridized carbons (Fsp3) is 0.333. The average Bonchev–Trinajstić information content (AvgIpc) is 3.08. The number of aryl methyl sites for hydroxylation is 1. The van der Waals surface area contributed by atoms with Gasteiger partial charge < -0.3 is 15.1 Å². The van der Waals surface area contributed by atoms with Gasteiger partial charge in [-0.2, -0.15) is 0 Å². The maximum Gasteiger partial charge on any atom is 0.279 e. The quantitative estimate of drug-likeness (QED) is 0.585. The fourth-order valence-corrected chi connectivity index (χ4v) is 4.98. The standard InChI is InChI=1S/C21H23ClN4OS/c1-15-6-7-17(16(22)12-15)23-20(27)13-25-8-10-26(11-9-25)14-21-24-18-4-2-3-5-19(18)28-21/h2-7,12H,8-11,13-14H2,1H3,(H,23,27)/p+2. The van der Waals surface area contributed by atoms with Crippen molar-refractivity contribution in [1.82, 2.24) is 4.98 Å². The number of para-hydroxylation sites is 1. The minimum absolute atomic E-state index is 0.0235. The van der Waals surface area contributed by atoms with Gasteiger partial charge in [0.2, 0.25) is 0 Å². The first-order valence-electron chi connectivity index (χ1n) is 9.64. The van der Waals surface area contributed by atoms with Crippen molar-refractivity contribution in [1.29, 1.82) is 0 Å². The number of carbonyl (C=O) groups is 1. The van der Waals surface area contributed by atoms with Crippen molar-refractivity contribution >= 4 is 44.7 Å². The normalized spacial score (nSPS) is 19.6. The fourth-order valence-electron chi connectivity index (χ4n) is 3.66. The number of hydrogen-bond acceptors (Lipinski definition) is 3. The molecule has 0 atom stereocenters. The van der Waals surface area contributed by atoms with Crippen molar-refractivity contribution < 1.29 is 14.6 Å². The second kappa shape index (κ2) is 8.57. The van der Waals surface area contributed by atoms with Crippen LogP contribution in [0.3, 0.4) is 0 Å². The SMILES string of the molecule is Cc1ccc(NC(=O)C[NH+]2CC[NH+](Cc3nc4ccccc4s3)CC2)c(Cl)c1. The zero-order chi connectivity index (χ0) is 19.5. The Labute approximate surface area is 173 Å². The molecule has 3 N–H and O–H groups in total. The monoisotopic (exact) mass is 416 g/mol. The van der Waals surface area contributed by atoms with E-state index >= 15 is 0 Å². The van der Waals surface area contributed by atoms with E-state index in [2.05, 4.69) is 23.5 Å². The second-order valence-corrected chi connectivity index (χ2v) is 8.98. The lowest BCUT2D eigenvalue weighted by molar-refractivity contribution is -1.01. The molecule has 0 bridgehead atoms. The Balaban J connectivity index is 1.26. The number of thiazole rings is 1. The van der Waals surface area contributed by atoms with Gasteiger partial charge in [-0.1, -0.05) is 29.8 Å². The zero-order valence-electron chi connectivity index (χ0n) is 15.9. The van der Waals surface area contributed by atoms with Gasteiger partial charge in [-0.15, -0.1) is 11.3 Å². The van der Waals surface area contributed by atoms with Crippen LogP contribution in [-0.2, 0) is 11.3 Å². The highest BCUT2D eigenvalue weighted by molar-refractivity contribution is 7.18. The summed E-state index contributed by atoms with van der Waals surface area (Å²) in [6.07, 6.45) is 0. The van der Waals surface area contributed by atoms with E-state index in [4.69, 9.17) is 16.6 Å². The molecule has 1 aromatic heterocycles. The number of halogens is 1. The molecule has 0 spiro atoms. The largest absolute Gasteiger partial charge is 0.320 e. The summed E-state index contributed by atoms with van der Waals surface area (Å²) in [5.41, 5.74) is 2.87. The molecule has 0 radical (unpaired) electrons. The van der Waals surface area contributed by atoms with Gasteiger partial charge in [-0.3, -0.25) is 4.79 Å². The van der Waals surface area contributed by atoms with Crippen LogP contribution in [0.25, 0.3) is 10.2 Å². The molecule has 7 heteroatoms. The highest BCUT2D eigenvalue weighted by atomic mass is 35.5. The summed E-state index contributed by atoms with van der Waals surface area (Å²) in [4.78, 5) is 20.0.